The lowest BCUT2D eigenvalue weighted by Crippen LogP contribution is -2.41. The van der Waals surface area contributed by atoms with Crippen LogP contribution in [-0.4, -0.2) is 39.4 Å². The van der Waals surface area contributed by atoms with Gasteiger partial charge < -0.3 is 10.1 Å². The first-order valence-corrected chi connectivity index (χ1v) is 12.5. The second-order valence-electron chi connectivity index (χ2n) is 8.00. The summed E-state index contributed by atoms with van der Waals surface area (Å²) in [6, 6.07) is 15.7. The minimum Gasteiger partial charge on any atom is -0.497 e. The number of aryl methyl sites for hydroxylation is 2. The Morgan fingerprint density at radius 3 is 2.36 bits per heavy atom. The molecule has 0 spiro atoms. The van der Waals surface area contributed by atoms with E-state index in [9.17, 15) is 27.7 Å². The molecule has 0 radical (unpaired) electrons. The average molecular weight is 516 g/mol. The van der Waals surface area contributed by atoms with E-state index in [0.29, 0.717) is 24.2 Å². The smallest absolute Gasteiger partial charge is 0.273 e. The van der Waals surface area contributed by atoms with Crippen molar-refractivity contribution in [3.05, 3.63) is 93.8 Å². The minimum atomic E-state index is -4.33. The molecule has 9 nitrogen and oxygen atoms in total. The van der Waals surface area contributed by atoms with Gasteiger partial charge >= 0.3 is 0 Å². The van der Waals surface area contributed by atoms with Crippen molar-refractivity contribution in [2.75, 3.05) is 24.5 Å². The van der Waals surface area contributed by atoms with Crippen LogP contribution in [0.2, 0.25) is 0 Å². The van der Waals surface area contributed by atoms with Crippen molar-refractivity contribution in [1.82, 2.24) is 5.32 Å². The number of carbonyl (C=O) groups excluding carboxylic acids is 1. The molecule has 3 aromatic carbocycles. The van der Waals surface area contributed by atoms with Gasteiger partial charge in [-0.25, -0.2) is 12.8 Å². The molecule has 0 heterocycles. The van der Waals surface area contributed by atoms with Gasteiger partial charge in [-0.3, -0.25) is 19.2 Å². The first kappa shape index (κ1) is 26.6. The van der Waals surface area contributed by atoms with Crippen LogP contribution >= 0.6 is 0 Å². The van der Waals surface area contributed by atoms with Gasteiger partial charge in [0.2, 0.25) is 5.91 Å². The van der Waals surface area contributed by atoms with E-state index in [0.717, 1.165) is 15.9 Å². The van der Waals surface area contributed by atoms with Crippen LogP contribution in [0.15, 0.2) is 71.6 Å². The standard InChI is InChI=1S/C25H26FN3O6S/c1-18-5-14-23(16-24(18)29(31)32)36(33,34)28(21-10-12-22(35-2)13-11-21)17-25(30)27-15-3-4-19-6-8-20(26)9-7-19/h5-14,16H,3-4,15,17H2,1-2H3,(H,27,30). The van der Waals surface area contributed by atoms with Crippen LogP contribution in [0.5, 0.6) is 5.75 Å². The first-order valence-electron chi connectivity index (χ1n) is 11.0. The number of rotatable bonds is 11. The summed E-state index contributed by atoms with van der Waals surface area (Å²) in [7, 11) is -2.86. The van der Waals surface area contributed by atoms with Crippen LogP contribution in [-0.2, 0) is 21.2 Å². The second-order valence-corrected chi connectivity index (χ2v) is 9.86. The summed E-state index contributed by atoms with van der Waals surface area (Å²) in [4.78, 5) is 23.1. The summed E-state index contributed by atoms with van der Waals surface area (Å²) in [5.74, 6) is -0.381. The maximum absolute atomic E-state index is 13.5. The molecule has 36 heavy (non-hydrogen) atoms. The van der Waals surface area contributed by atoms with Gasteiger partial charge in [0.1, 0.15) is 18.1 Å². The highest BCUT2D eigenvalue weighted by molar-refractivity contribution is 7.92. The third-order valence-electron chi connectivity index (χ3n) is 5.49. The fourth-order valence-corrected chi connectivity index (χ4v) is 4.94. The van der Waals surface area contributed by atoms with Crippen molar-refractivity contribution >= 4 is 27.3 Å². The molecule has 3 rings (SSSR count). The van der Waals surface area contributed by atoms with Crippen LogP contribution < -0.4 is 14.4 Å². The molecular weight excluding hydrogens is 489 g/mol. The number of anilines is 1. The predicted octanol–water partition coefficient (Wildman–Crippen LogP) is 4.00. The third-order valence-corrected chi connectivity index (χ3v) is 7.26. The molecule has 0 aromatic heterocycles. The SMILES string of the molecule is COc1ccc(N(CC(=O)NCCCc2ccc(F)cc2)S(=O)(=O)c2ccc(C)c([N+](=O)[O-])c2)cc1. The molecule has 0 aliphatic rings. The van der Waals surface area contributed by atoms with Gasteiger partial charge in [0.25, 0.3) is 15.7 Å². The summed E-state index contributed by atoms with van der Waals surface area (Å²) >= 11 is 0. The van der Waals surface area contributed by atoms with Gasteiger partial charge in [0.05, 0.1) is 22.6 Å². The molecule has 1 N–H and O–H groups in total. The van der Waals surface area contributed by atoms with Crippen molar-refractivity contribution in [3.8, 4) is 5.75 Å². The number of carbonyl (C=O) groups is 1. The second kappa shape index (κ2) is 11.6. The minimum absolute atomic E-state index is 0.195. The van der Waals surface area contributed by atoms with E-state index < -0.39 is 27.4 Å². The van der Waals surface area contributed by atoms with E-state index in [1.54, 1.807) is 24.3 Å². The van der Waals surface area contributed by atoms with Crippen molar-refractivity contribution < 1.29 is 27.3 Å². The molecule has 190 valence electrons. The number of ether oxygens (including phenoxy) is 1. The van der Waals surface area contributed by atoms with E-state index in [2.05, 4.69) is 5.32 Å². The van der Waals surface area contributed by atoms with Crippen molar-refractivity contribution in [3.63, 3.8) is 0 Å². The predicted molar refractivity (Wildman–Crippen MR) is 133 cm³/mol. The maximum Gasteiger partial charge on any atom is 0.273 e. The largest absolute Gasteiger partial charge is 0.497 e. The highest BCUT2D eigenvalue weighted by Crippen LogP contribution is 2.29. The van der Waals surface area contributed by atoms with Gasteiger partial charge in [-0.15, -0.1) is 0 Å². The fraction of sp³-hybridized carbons (Fsp3) is 0.240. The third kappa shape index (κ3) is 6.57. The number of nitrogens with one attached hydrogen (secondary N) is 1. The number of hydrogen-bond acceptors (Lipinski definition) is 6. The topological polar surface area (TPSA) is 119 Å². The summed E-state index contributed by atoms with van der Waals surface area (Å²) in [6.45, 7) is 1.25. The molecule has 1 amide bonds. The van der Waals surface area contributed by atoms with Crippen LogP contribution in [0.25, 0.3) is 0 Å². The molecule has 0 saturated carbocycles. The van der Waals surface area contributed by atoms with Gasteiger partial charge in [0.15, 0.2) is 0 Å². The Kier molecular flexibility index (Phi) is 8.59. The molecular formula is C25H26FN3O6S. The molecule has 0 unspecified atom stereocenters. The van der Waals surface area contributed by atoms with Crippen molar-refractivity contribution in [2.24, 2.45) is 0 Å². The van der Waals surface area contributed by atoms with Gasteiger partial charge in [-0.05, 0) is 67.8 Å². The normalized spacial score (nSPS) is 11.1. The van der Waals surface area contributed by atoms with Crippen LogP contribution in [0.4, 0.5) is 15.8 Å². The quantitative estimate of drug-likeness (QED) is 0.234. The monoisotopic (exact) mass is 515 g/mol. The van der Waals surface area contributed by atoms with Crippen molar-refractivity contribution in [2.45, 2.75) is 24.7 Å². The highest BCUT2D eigenvalue weighted by Gasteiger charge is 2.29. The lowest BCUT2D eigenvalue weighted by atomic mass is 10.1. The summed E-state index contributed by atoms with van der Waals surface area (Å²) < 4.78 is 46.1. The molecule has 0 bridgehead atoms. The summed E-state index contributed by atoms with van der Waals surface area (Å²) in [5, 5.41) is 14.1. The van der Waals surface area contributed by atoms with Crippen LogP contribution in [0.3, 0.4) is 0 Å². The Bertz CT molecular complexity index is 1330. The van der Waals surface area contributed by atoms with Gasteiger partial charge in [-0.2, -0.15) is 0 Å². The Balaban J connectivity index is 1.79. The number of benzene rings is 3. The molecule has 0 aliphatic heterocycles. The number of amides is 1. The lowest BCUT2D eigenvalue weighted by molar-refractivity contribution is -0.385. The van der Waals surface area contributed by atoms with Crippen molar-refractivity contribution in [1.29, 1.82) is 0 Å². The number of hydrogen-bond donors (Lipinski definition) is 1. The fourth-order valence-electron chi connectivity index (χ4n) is 3.49. The average Bonchev–Trinajstić information content (AvgIpc) is 2.86. The Morgan fingerprint density at radius 2 is 1.75 bits per heavy atom. The summed E-state index contributed by atoms with van der Waals surface area (Å²) in [5.41, 5.74) is 1.08. The van der Waals surface area contributed by atoms with E-state index in [4.69, 9.17) is 4.74 Å². The molecule has 0 fully saturated rings. The van der Waals surface area contributed by atoms with E-state index >= 15 is 0 Å². The Morgan fingerprint density at radius 1 is 1.08 bits per heavy atom. The van der Waals surface area contributed by atoms with Crippen LogP contribution in [0, 0.1) is 22.9 Å². The number of nitrogens with zero attached hydrogens (tertiary/aromatic N) is 2. The number of nitro benzene ring substituents is 1. The molecule has 0 atom stereocenters. The molecule has 0 aliphatic carbocycles. The molecule has 11 heteroatoms. The lowest BCUT2D eigenvalue weighted by Gasteiger charge is -2.24. The van der Waals surface area contributed by atoms with Gasteiger partial charge in [-0.1, -0.05) is 18.2 Å². The summed E-state index contributed by atoms with van der Waals surface area (Å²) in [6.07, 6.45) is 1.17. The van der Waals surface area contributed by atoms with E-state index in [-0.39, 0.29) is 28.6 Å². The molecule has 0 saturated heterocycles. The molecule has 3 aromatic rings. The maximum atomic E-state index is 13.5. The Labute approximate surface area is 208 Å². The number of nitro groups is 1. The van der Waals surface area contributed by atoms with Gasteiger partial charge in [0, 0.05) is 18.2 Å². The van der Waals surface area contributed by atoms with E-state index in [1.807, 2.05) is 0 Å². The number of halogens is 1. The zero-order valence-corrected chi connectivity index (χ0v) is 20.6. The zero-order chi connectivity index (χ0) is 26.3. The Hall–Kier alpha value is -3.99. The highest BCUT2D eigenvalue weighted by atomic mass is 32.2. The van der Waals surface area contributed by atoms with Crippen LogP contribution in [0.1, 0.15) is 17.5 Å². The first-order chi connectivity index (χ1) is 17.1. The van der Waals surface area contributed by atoms with E-state index in [1.165, 1.54) is 50.4 Å². The number of methoxy groups -OCH3 is 1. The number of sulfonamides is 1. The zero-order valence-electron chi connectivity index (χ0n) is 19.8.